The molecule has 1 aromatic carbocycles. The Labute approximate surface area is 158 Å². The normalized spacial score (nSPS) is 12.5. The van der Waals surface area contributed by atoms with Crippen LogP contribution in [0, 0.1) is 5.82 Å². The van der Waals surface area contributed by atoms with Crippen LogP contribution in [0.4, 0.5) is 23.4 Å². The van der Waals surface area contributed by atoms with E-state index in [0.717, 1.165) is 5.56 Å². The third kappa shape index (κ3) is 5.38. The van der Waals surface area contributed by atoms with E-state index in [2.05, 4.69) is 20.3 Å². The summed E-state index contributed by atoms with van der Waals surface area (Å²) in [6.45, 7) is 0.502. The van der Waals surface area contributed by atoms with Gasteiger partial charge in [-0.15, -0.1) is 0 Å². The molecule has 1 N–H and O–H groups in total. The lowest BCUT2D eigenvalue weighted by Crippen LogP contribution is -2.19. The predicted octanol–water partition coefficient (Wildman–Crippen LogP) is 4.79. The summed E-state index contributed by atoms with van der Waals surface area (Å²) in [5.74, 6) is 0.178. The van der Waals surface area contributed by atoms with E-state index < -0.39 is 12.8 Å². The molecule has 9 heteroatoms. The van der Waals surface area contributed by atoms with Gasteiger partial charge in [0.15, 0.2) is 6.61 Å². The first-order chi connectivity index (χ1) is 13.3. The van der Waals surface area contributed by atoms with E-state index in [1.165, 1.54) is 43.0 Å². The van der Waals surface area contributed by atoms with Crippen molar-refractivity contribution >= 4 is 5.82 Å². The molecule has 0 saturated carbocycles. The van der Waals surface area contributed by atoms with E-state index in [9.17, 15) is 17.6 Å². The Hall–Kier alpha value is -3.23. The van der Waals surface area contributed by atoms with Gasteiger partial charge in [0.1, 0.15) is 17.4 Å². The minimum atomic E-state index is -4.43. The summed E-state index contributed by atoms with van der Waals surface area (Å²) < 4.78 is 54.5. The standard InChI is InChI=1S/C19H16F4N4O/c1-12(13-2-4-15(20)5-3-13)27-18-10-25-17(9-26-18)14-6-16(8-24-7-14)28-11-19(21,22)23/h2-10,12H,11H2,1H3,(H,26,27)/t12-/m1/s1. The van der Waals surface area contributed by atoms with Crippen LogP contribution in [-0.4, -0.2) is 27.7 Å². The molecule has 3 rings (SSSR count). The van der Waals surface area contributed by atoms with Gasteiger partial charge in [0.05, 0.1) is 24.3 Å². The van der Waals surface area contributed by atoms with E-state index in [-0.39, 0.29) is 17.6 Å². The van der Waals surface area contributed by atoms with Gasteiger partial charge in [-0.05, 0) is 30.7 Å². The van der Waals surface area contributed by atoms with Gasteiger partial charge >= 0.3 is 6.18 Å². The number of nitrogens with zero attached hydrogens (tertiary/aromatic N) is 3. The highest BCUT2D eigenvalue weighted by atomic mass is 19.4. The number of anilines is 1. The van der Waals surface area contributed by atoms with Gasteiger partial charge in [0.2, 0.25) is 0 Å². The van der Waals surface area contributed by atoms with E-state index in [1.54, 1.807) is 12.1 Å². The third-order valence-corrected chi connectivity index (χ3v) is 3.80. The predicted molar refractivity (Wildman–Crippen MR) is 95.3 cm³/mol. The van der Waals surface area contributed by atoms with Gasteiger partial charge in [-0.1, -0.05) is 12.1 Å². The fourth-order valence-electron chi connectivity index (χ4n) is 2.41. The lowest BCUT2D eigenvalue weighted by molar-refractivity contribution is -0.153. The molecule has 0 fully saturated rings. The van der Waals surface area contributed by atoms with Crippen LogP contribution in [0.3, 0.4) is 0 Å². The van der Waals surface area contributed by atoms with Crippen LogP contribution in [0.25, 0.3) is 11.3 Å². The van der Waals surface area contributed by atoms with Crippen LogP contribution in [-0.2, 0) is 0 Å². The van der Waals surface area contributed by atoms with Crippen molar-refractivity contribution in [3.63, 3.8) is 0 Å². The Kier molecular flexibility index (Phi) is 5.72. The summed E-state index contributed by atoms with van der Waals surface area (Å²) in [6, 6.07) is 7.39. The maximum atomic E-state index is 13.0. The van der Waals surface area contributed by atoms with Crippen molar-refractivity contribution in [3.8, 4) is 17.0 Å². The number of hydrogen-bond donors (Lipinski definition) is 1. The van der Waals surface area contributed by atoms with Crippen LogP contribution in [0.15, 0.2) is 55.1 Å². The van der Waals surface area contributed by atoms with Crippen LogP contribution >= 0.6 is 0 Å². The molecule has 0 spiro atoms. The van der Waals surface area contributed by atoms with Gasteiger partial charge in [-0.2, -0.15) is 13.2 Å². The molecule has 1 atom stereocenters. The van der Waals surface area contributed by atoms with Crippen LogP contribution in [0.1, 0.15) is 18.5 Å². The lowest BCUT2D eigenvalue weighted by Gasteiger charge is -2.15. The number of rotatable bonds is 6. The number of aromatic nitrogens is 3. The number of nitrogens with one attached hydrogen (secondary N) is 1. The molecule has 0 saturated heterocycles. The molecule has 0 aliphatic carbocycles. The zero-order chi connectivity index (χ0) is 20.1. The van der Waals surface area contributed by atoms with Gasteiger partial charge in [-0.3, -0.25) is 9.97 Å². The fraction of sp³-hybridized carbons (Fsp3) is 0.211. The quantitative estimate of drug-likeness (QED) is 0.611. The number of hydrogen-bond acceptors (Lipinski definition) is 5. The van der Waals surface area contributed by atoms with E-state index >= 15 is 0 Å². The Balaban J connectivity index is 1.68. The first-order valence-corrected chi connectivity index (χ1v) is 8.29. The maximum Gasteiger partial charge on any atom is 0.422 e. The van der Waals surface area contributed by atoms with Crippen molar-refractivity contribution in [2.24, 2.45) is 0 Å². The molecular weight excluding hydrogens is 376 g/mol. The molecule has 3 aromatic rings. The summed E-state index contributed by atoms with van der Waals surface area (Å²) in [5, 5.41) is 3.14. The second-order valence-electron chi connectivity index (χ2n) is 6.02. The molecular formula is C19H16F4N4O. The smallest absolute Gasteiger partial charge is 0.422 e. The topological polar surface area (TPSA) is 59.9 Å². The van der Waals surface area contributed by atoms with Gasteiger partial charge in [-0.25, -0.2) is 9.37 Å². The first kappa shape index (κ1) is 19.5. The molecule has 0 unspecified atom stereocenters. The molecule has 0 amide bonds. The van der Waals surface area contributed by atoms with Crippen molar-refractivity contribution in [3.05, 3.63) is 66.5 Å². The van der Waals surface area contributed by atoms with Crippen LogP contribution in [0.2, 0.25) is 0 Å². The fourth-order valence-corrected chi connectivity index (χ4v) is 2.41. The van der Waals surface area contributed by atoms with Crippen molar-refractivity contribution in [1.29, 1.82) is 0 Å². The second-order valence-corrected chi connectivity index (χ2v) is 6.02. The average Bonchev–Trinajstić information content (AvgIpc) is 2.67. The van der Waals surface area contributed by atoms with Gasteiger partial charge in [0.25, 0.3) is 0 Å². The molecule has 0 radical (unpaired) electrons. The lowest BCUT2D eigenvalue weighted by atomic mass is 10.1. The SMILES string of the molecule is C[C@@H](Nc1cnc(-c2cncc(OCC(F)(F)F)c2)cn1)c1ccc(F)cc1. The number of ether oxygens (including phenoxy) is 1. The van der Waals surface area contributed by atoms with Crippen LogP contribution < -0.4 is 10.1 Å². The zero-order valence-corrected chi connectivity index (χ0v) is 14.7. The summed E-state index contributed by atoms with van der Waals surface area (Å²) in [7, 11) is 0. The first-order valence-electron chi connectivity index (χ1n) is 8.29. The Morgan fingerprint density at radius 3 is 2.43 bits per heavy atom. The summed E-state index contributed by atoms with van der Waals surface area (Å²) in [4.78, 5) is 12.4. The van der Waals surface area contributed by atoms with E-state index in [1.807, 2.05) is 6.92 Å². The largest absolute Gasteiger partial charge is 0.482 e. The molecule has 2 heterocycles. The highest BCUT2D eigenvalue weighted by molar-refractivity contribution is 5.59. The Bertz CT molecular complexity index is 914. The van der Waals surface area contributed by atoms with Crippen molar-refractivity contribution < 1.29 is 22.3 Å². The van der Waals surface area contributed by atoms with Crippen molar-refractivity contribution in [2.45, 2.75) is 19.1 Å². The molecule has 0 bridgehead atoms. The molecule has 0 aliphatic rings. The molecule has 146 valence electrons. The molecule has 0 aliphatic heterocycles. The van der Waals surface area contributed by atoms with Crippen molar-refractivity contribution in [1.82, 2.24) is 15.0 Å². The summed E-state index contributed by atoms with van der Waals surface area (Å²) in [5.41, 5.74) is 1.79. The maximum absolute atomic E-state index is 13.0. The summed E-state index contributed by atoms with van der Waals surface area (Å²) in [6.07, 6.45) is 1.20. The second kappa shape index (κ2) is 8.20. The van der Waals surface area contributed by atoms with E-state index in [4.69, 9.17) is 4.74 Å². The number of alkyl halides is 3. The monoisotopic (exact) mass is 392 g/mol. The molecule has 2 aromatic heterocycles. The number of benzene rings is 1. The third-order valence-electron chi connectivity index (χ3n) is 3.80. The highest BCUT2D eigenvalue weighted by Crippen LogP contribution is 2.24. The van der Waals surface area contributed by atoms with Crippen LogP contribution in [0.5, 0.6) is 5.75 Å². The summed E-state index contributed by atoms with van der Waals surface area (Å²) >= 11 is 0. The molecule has 28 heavy (non-hydrogen) atoms. The average molecular weight is 392 g/mol. The van der Waals surface area contributed by atoms with Crippen molar-refractivity contribution in [2.75, 3.05) is 11.9 Å². The minimum absolute atomic E-state index is 0.0104. The number of halogens is 4. The Morgan fingerprint density at radius 1 is 1.04 bits per heavy atom. The van der Waals surface area contributed by atoms with E-state index in [0.29, 0.717) is 17.1 Å². The number of pyridine rings is 1. The van der Waals surface area contributed by atoms with Gasteiger partial charge < -0.3 is 10.1 Å². The molecule has 5 nitrogen and oxygen atoms in total. The highest BCUT2D eigenvalue weighted by Gasteiger charge is 2.28. The Morgan fingerprint density at radius 2 is 1.79 bits per heavy atom. The zero-order valence-electron chi connectivity index (χ0n) is 14.7. The van der Waals surface area contributed by atoms with Gasteiger partial charge in [0, 0.05) is 17.8 Å². The minimum Gasteiger partial charge on any atom is -0.482 e.